The summed E-state index contributed by atoms with van der Waals surface area (Å²) in [6, 6.07) is 70.8. The van der Waals surface area contributed by atoms with Crippen LogP contribution in [0.1, 0.15) is 5.56 Å². The van der Waals surface area contributed by atoms with Gasteiger partial charge < -0.3 is 0 Å². The van der Waals surface area contributed by atoms with Gasteiger partial charge in [-0.25, -0.2) is 4.98 Å². The first-order chi connectivity index (χ1) is 32.7. The second-order valence-electron chi connectivity index (χ2n) is 16.7. The molecule has 0 amide bonds. The van der Waals surface area contributed by atoms with Crippen LogP contribution in [0.5, 0.6) is 0 Å². The molecule has 0 unspecified atom stereocenters. The van der Waals surface area contributed by atoms with Crippen LogP contribution in [0.3, 0.4) is 0 Å². The molecule has 0 aliphatic carbocycles. The summed E-state index contributed by atoms with van der Waals surface area (Å²) < 4.78 is 2.18. The maximum Gasteiger partial charge on any atom is 0.146 e. The highest BCUT2D eigenvalue weighted by Crippen LogP contribution is 2.44. The minimum Gasteiger partial charge on any atom is -0.299 e. The maximum absolute atomic E-state index is 5.22. The molecule has 5 heterocycles. The Bertz CT molecular complexity index is 3600. The first-order valence-corrected chi connectivity index (χ1v) is 22.3. The number of aryl methyl sites for hydroxylation is 1. The Morgan fingerprint density at radius 1 is 0.348 bits per heavy atom. The minimum absolute atomic E-state index is 0.906. The maximum atomic E-state index is 5.22. The molecule has 5 aromatic heterocycles. The van der Waals surface area contributed by atoms with Crippen molar-refractivity contribution in [2.24, 2.45) is 0 Å². The average molecular weight is 844 g/mol. The molecule has 12 rings (SSSR count). The van der Waals surface area contributed by atoms with Crippen LogP contribution in [0.2, 0.25) is 0 Å². The highest BCUT2D eigenvalue weighted by molar-refractivity contribution is 6.12. The Balaban J connectivity index is 1.05. The number of benzene rings is 7. The topological polar surface area (TPSA) is 56.0 Å². The van der Waals surface area contributed by atoms with Crippen LogP contribution in [0.25, 0.3) is 117 Å². The Kier molecular flexibility index (Phi) is 9.65. The Morgan fingerprint density at radius 2 is 0.803 bits per heavy atom. The standard InChI is InChI=1S/C61H41N5/c1-40-55(39-65-60-54-26-14-15-27-58(54)66-33-32-62-61(66)59(40)60)53-25-13-12-24-52(53)47-35-45(50-22-10-8-20-48(50)43-28-30-56(63-37-43)41-16-4-2-5-17-41)34-46(36-47)51-23-11-9-21-49(51)44-29-31-57(64-38-44)42-18-6-3-7-19-42/h2-39H,1H3. The number of para-hydroxylation sites is 1. The molecule has 0 bridgehead atoms. The number of imidazole rings is 1. The number of hydrogen-bond acceptors (Lipinski definition) is 4. The van der Waals surface area contributed by atoms with Gasteiger partial charge in [0, 0.05) is 69.6 Å². The summed E-state index contributed by atoms with van der Waals surface area (Å²) in [5.74, 6) is 0. The number of hydrogen-bond donors (Lipinski definition) is 0. The first-order valence-electron chi connectivity index (χ1n) is 22.3. The van der Waals surface area contributed by atoms with Crippen LogP contribution in [0, 0.1) is 6.92 Å². The van der Waals surface area contributed by atoms with E-state index in [0.717, 1.165) is 122 Å². The van der Waals surface area contributed by atoms with Gasteiger partial charge in [0.25, 0.3) is 0 Å². The molecule has 66 heavy (non-hydrogen) atoms. The van der Waals surface area contributed by atoms with E-state index in [1.807, 2.05) is 36.9 Å². The van der Waals surface area contributed by atoms with E-state index in [9.17, 15) is 0 Å². The zero-order valence-corrected chi connectivity index (χ0v) is 36.2. The van der Waals surface area contributed by atoms with Crippen molar-refractivity contribution < 1.29 is 0 Å². The van der Waals surface area contributed by atoms with Gasteiger partial charge in [0.05, 0.1) is 22.4 Å². The fraction of sp³-hybridized carbons (Fsp3) is 0.0164. The highest BCUT2D eigenvalue weighted by Gasteiger charge is 2.20. The van der Waals surface area contributed by atoms with E-state index >= 15 is 0 Å². The third-order valence-electron chi connectivity index (χ3n) is 12.8. The van der Waals surface area contributed by atoms with Gasteiger partial charge in [0.15, 0.2) is 0 Å². The lowest BCUT2D eigenvalue weighted by atomic mass is 9.86. The van der Waals surface area contributed by atoms with Crippen LogP contribution in [-0.4, -0.2) is 24.3 Å². The lowest BCUT2D eigenvalue weighted by Gasteiger charge is -2.19. The van der Waals surface area contributed by atoms with Crippen molar-refractivity contribution in [2.75, 3.05) is 0 Å². The molecule has 0 fully saturated rings. The van der Waals surface area contributed by atoms with Gasteiger partial charge in [-0.05, 0) is 99.0 Å². The van der Waals surface area contributed by atoms with Crippen molar-refractivity contribution in [1.82, 2.24) is 24.3 Å². The largest absolute Gasteiger partial charge is 0.299 e. The first kappa shape index (κ1) is 38.8. The van der Waals surface area contributed by atoms with E-state index in [1.165, 1.54) is 0 Å². The van der Waals surface area contributed by atoms with E-state index in [-0.39, 0.29) is 0 Å². The van der Waals surface area contributed by atoms with Crippen LogP contribution in [0.15, 0.2) is 231 Å². The molecular formula is C61H41N5. The predicted molar refractivity (Wildman–Crippen MR) is 272 cm³/mol. The molecular weight excluding hydrogens is 803 g/mol. The van der Waals surface area contributed by atoms with Gasteiger partial charge in [-0.15, -0.1) is 0 Å². The van der Waals surface area contributed by atoms with Crippen LogP contribution in [0.4, 0.5) is 0 Å². The fourth-order valence-electron chi connectivity index (χ4n) is 9.62. The monoisotopic (exact) mass is 843 g/mol. The Hall–Kier alpha value is -8.80. The second kappa shape index (κ2) is 16.4. The van der Waals surface area contributed by atoms with Gasteiger partial charge >= 0.3 is 0 Å². The van der Waals surface area contributed by atoms with Crippen LogP contribution >= 0.6 is 0 Å². The predicted octanol–water partition coefficient (Wildman–Crippen LogP) is 15.5. The highest BCUT2D eigenvalue weighted by atomic mass is 15.0. The van der Waals surface area contributed by atoms with Crippen molar-refractivity contribution >= 4 is 27.5 Å². The van der Waals surface area contributed by atoms with E-state index in [0.29, 0.717) is 0 Å². The summed E-state index contributed by atoms with van der Waals surface area (Å²) in [6.45, 7) is 2.21. The van der Waals surface area contributed by atoms with E-state index < -0.39 is 0 Å². The molecule has 0 spiro atoms. The Labute approximate surface area is 383 Å². The number of fused-ring (bicyclic) bond motifs is 6. The van der Waals surface area contributed by atoms with Crippen molar-refractivity contribution in [3.05, 3.63) is 237 Å². The molecule has 7 aromatic carbocycles. The SMILES string of the molecule is Cc1c(-c2ccccc2-c2cc(-c3ccccc3-c3ccc(-c4ccccc4)nc3)cc(-c3ccccc3-c3ccc(-c4ccccc4)nc3)c2)cnc2c3ccccc3n3ccnc3c12. The van der Waals surface area contributed by atoms with Gasteiger partial charge in [-0.1, -0.05) is 164 Å². The molecule has 12 aromatic rings. The fourth-order valence-corrected chi connectivity index (χ4v) is 9.62. The average Bonchev–Trinajstić information content (AvgIpc) is 3.90. The number of aromatic nitrogens is 5. The summed E-state index contributed by atoms with van der Waals surface area (Å²) in [6.07, 6.45) is 9.97. The molecule has 5 heteroatoms. The molecule has 0 N–H and O–H groups in total. The normalized spacial score (nSPS) is 11.4. The van der Waals surface area contributed by atoms with E-state index in [4.69, 9.17) is 19.9 Å². The quantitative estimate of drug-likeness (QED) is 0.143. The lowest BCUT2D eigenvalue weighted by Crippen LogP contribution is -1.97. The van der Waals surface area contributed by atoms with Crippen molar-refractivity contribution in [1.29, 1.82) is 0 Å². The van der Waals surface area contributed by atoms with E-state index in [2.05, 4.69) is 206 Å². The summed E-state index contributed by atoms with van der Waals surface area (Å²) in [5.41, 5.74) is 21.3. The number of nitrogens with zero attached hydrogens (tertiary/aromatic N) is 5. The third kappa shape index (κ3) is 6.82. The molecule has 5 nitrogen and oxygen atoms in total. The number of pyridine rings is 4. The smallest absolute Gasteiger partial charge is 0.146 e. The van der Waals surface area contributed by atoms with Gasteiger partial charge in [-0.3, -0.25) is 19.4 Å². The summed E-state index contributed by atoms with van der Waals surface area (Å²) in [4.78, 5) is 20.0. The van der Waals surface area contributed by atoms with Gasteiger partial charge in [-0.2, -0.15) is 0 Å². The summed E-state index contributed by atoms with van der Waals surface area (Å²) >= 11 is 0. The summed E-state index contributed by atoms with van der Waals surface area (Å²) in [7, 11) is 0. The van der Waals surface area contributed by atoms with Gasteiger partial charge in [0.2, 0.25) is 0 Å². The van der Waals surface area contributed by atoms with Crippen molar-refractivity contribution in [3.8, 4) is 89.3 Å². The van der Waals surface area contributed by atoms with Crippen molar-refractivity contribution in [2.45, 2.75) is 6.92 Å². The van der Waals surface area contributed by atoms with Crippen molar-refractivity contribution in [3.63, 3.8) is 0 Å². The zero-order valence-electron chi connectivity index (χ0n) is 36.2. The Morgan fingerprint density at radius 3 is 1.32 bits per heavy atom. The summed E-state index contributed by atoms with van der Waals surface area (Å²) in [5, 5.41) is 2.16. The molecule has 0 atom stereocenters. The van der Waals surface area contributed by atoms with Gasteiger partial charge in [0.1, 0.15) is 5.65 Å². The lowest BCUT2D eigenvalue weighted by molar-refractivity contribution is 1.26. The van der Waals surface area contributed by atoms with E-state index in [1.54, 1.807) is 0 Å². The molecule has 0 aliphatic rings. The molecule has 0 aliphatic heterocycles. The second-order valence-corrected chi connectivity index (χ2v) is 16.7. The minimum atomic E-state index is 0.906. The third-order valence-corrected chi connectivity index (χ3v) is 12.8. The van der Waals surface area contributed by atoms with Crippen LogP contribution in [-0.2, 0) is 0 Å². The van der Waals surface area contributed by atoms with Crippen LogP contribution < -0.4 is 0 Å². The molecule has 310 valence electrons. The molecule has 0 saturated heterocycles. The number of rotatable bonds is 8. The molecule has 0 radical (unpaired) electrons. The zero-order chi connectivity index (χ0) is 44.0. The molecule has 0 saturated carbocycles.